The highest BCUT2D eigenvalue weighted by molar-refractivity contribution is 5.73. The topological polar surface area (TPSA) is 49.6 Å². The molecule has 0 N–H and O–H groups in total. The summed E-state index contributed by atoms with van der Waals surface area (Å²) in [5.41, 5.74) is 2.16. The summed E-state index contributed by atoms with van der Waals surface area (Å²) in [7, 11) is 0. The molecule has 1 aliphatic heterocycles. The lowest BCUT2D eigenvalue weighted by atomic mass is 10.2. The molecule has 0 aromatic carbocycles. The van der Waals surface area contributed by atoms with Crippen molar-refractivity contribution in [1.29, 1.82) is 0 Å². The molecule has 1 aliphatic rings. The molecular weight excluding hydrogens is 230 g/mol. The van der Waals surface area contributed by atoms with Gasteiger partial charge in [-0.05, 0) is 20.3 Å². The minimum absolute atomic E-state index is 0.175. The van der Waals surface area contributed by atoms with Crippen molar-refractivity contribution in [2.24, 2.45) is 0 Å². The second-order valence-electron chi connectivity index (χ2n) is 4.94. The second kappa shape index (κ2) is 5.52. The number of rotatable bonds is 2. The zero-order chi connectivity index (χ0) is 13.1. The molecular formula is C13H21N3O2. The molecule has 1 aromatic rings. The van der Waals surface area contributed by atoms with Gasteiger partial charge in [-0.1, -0.05) is 5.16 Å². The summed E-state index contributed by atoms with van der Waals surface area (Å²) in [6, 6.07) is 0. The van der Waals surface area contributed by atoms with Gasteiger partial charge in [0.05, 0.1) is 5.69 Å². The molecule has 1 fully saturated rings. The molecule has 1 saturated heterocycles. The zero-order valence-electron chi connectivity index (χ0n) is 11.4. The quantitative estimate of drug-likeness (QED) is 0.796. The molecule has 2 rings (SSSR count). The Hall–Kier alpha value is -1.36. The van der Waals surface area contributed by atoms with Crippen LogP contribution >= 0.6 is 0 Å². The van der Waals surface area contributed by atoms with Crippen LogP contribution in [0.4, 0.5) is 0 Å². The summed E-state index contributed by atoms with van der Waals surface area (Å²) < 4.78 is 5.19. The molecule has 2 heterocycles. The fourth-order valence-electron chi connectivity index (χ4n) is 2.40. The molecule has 5 heteroatoms. The van der Waals surface area contributed by atoms with Crippen molar-refractivity contribution in [3.05, 3.63) is 17.0 Å². The van der Waals surface area contributed by atoms with Crippen molar-refractivity contribution in [1.82, 2.24) is 15.0 Å². The monoisotopic (exact) mass is 251 g/mol. The van der Waals surface area contributed by atoms with E-state index in [-0.39, 0.29) is 5.91 Å². The van der Waals surface area contributed by atoms with E-state index in [0.29, 0.717) is 0 Å². The van der Waals surface area contributed by atoms with Crippen molar-refractivity contribution in [3.8, 4) is 0 Å². The number of amides is 1. The van der Waals surface area contributed by atoms with Crippen LogP contribution in [0.1, 0.15) is 30.4 Å². The predicted octanol–water partition coefficient (Wildman–Crippen LogP) is 1.35. The Morgan fingerprint density at radius 3 is 2.67 bits per heavy atom. The highest BCUT2D eigenvalue weighted by Gasteiger charge is 2.19. The summed E-state index contributed by atoms with van der Waals surface area (Å²) in [4.78, 5) is 15.7. The number of aromatic nitrogens is 1. The molecule has 5 nitrogen and oxygen atoms in total. The maximum absolute atomic E-state index is 11.4. The second-order valence-corrected chi connectivity index (χ2v) is 4.94. The first-order valence-corrected chi connectivity index (χ1v) is 6.47. The SMILES string of the molecule is CC(=O)N1CCCN(Cc2c(C)noc2C)CC1. The van der Waals surface area contributed by atoms with Crippen LogP contribution in [0.25, 0.3) is 0 Å². The number of carbonyl (C=O) groups excluding carboxylic acids is 1. The largest absolute Gasteiger partial charge is 0.361 e. The minimum atomic E-state index is 0.175. The number of aryl methyl sites for hydroxylation is 2. The average Bonchev–Trinajstić information content (AvgIpc) is 2.57. The van der Waals surface area contributed by atoms with Gasteiger partial charge in [0.2, 0.25) is 5.91 Å². The van der Waals surface area contributed by atoms with Crippen LogP contribution in [0.3, 0.4) is 0 Å². The Kier molecular flexibility index (Phi) is 4.01. The van der Waals surface area contributed by atoms with Crippen molar-refractivity contribution in [2.75, 3.05) is 26.2 Å². The lowest BCUT2D eigenvalue weighted by Gasteiger charge is -2.20. The van der Waals surface area contributed by atoms with Gasteiger partial charge in [0, 0.05) is 45.2 Å². The highest BCUT2D eigenvalue weighted by atomic mass is 16.5. The molecule has 0 bridgehead atoms. The van der Waals surface area contributed by atoms with Crippen molar-refractivity contribution < 1.29 is 9.32 Å². The lowest BCUT2D eigenvalue weighted by Crippen LogP contribution is -2.33. The summed E-state index contributed by atoms with van der Waals surface area (Å²) in [6.07, 6.45) is 1.03. The van der Waals surface area contributed by atoms with Crippen LogP contribution in [0.5, 0.6) is 0 Å². The smallest absolute Gasteiger partial charge is 0.219 e. The third-order valence-corrected chi connectivity index (χ3v) is 3.60. The van der Waals surface area contributed by atoms with Crippen molar-refractivity contribution in [3.63, 3.8) is 0 Å². The molecule has 0 aliphatic carbocycles. The van der Waals surface area contributed by atoms with E-state index in [4.69, 9.17) is 4.52 Å². The molecule has 18 heavy (non-hydrogen) atoms. The zero-order valence-corrected chi connectivity index (χ0v) is 11.4. The molecule has 100 valence electrons. The van der Waals surface area contributed by atoms with E-state index in [1.165, 1.54) is 5.56 Å². The Morgan fingerprint density at radius 1 is 1.28 bits per heavy atom. The Balaban J connectivity index is 1.97. The standard InChI is InChI=1S/C13H21N3O2/c1-10-13(11(2)18-14-10)9-15-5-4-6-16(8-7-15)12(3)17/h4-9H2,1-3H3. The first-order chi connectivity index (χ1) is 8.58. The number of hydrogen-bond acceptors (Lipinski definition) is 4. The first-order valence-electron chi connectivity index (χ1n) is 6.47. The molecule has 0 atom stereocenters. The normalized spacial score (nSPS) is 17.8. The van der Waals surface area contributed by atoms with E-state index in [1.54, 1.807) is 6.92 Å². The van der Waals surface area contributed by atoms with Gasteiger partial charge in [0.1, 0.15) is 5.76 Å². The number of carbonyl (C=O) groups is 1. The summed E-state index contributed by atoms with van der Waals surface area (Å²) in [5, 5.41) is 3.98. The summed E-state index contributed by atoms with van der Waals surface area (Å²) in [6.45, 7) is 10.1. The lowest BCUT2D eigenvalue weighted by molar-refractivity contribution is -0.128. The van der Waals surface area contributed by atoms with Crippen molar-refractivity contribution in [2.45, 2.75) is 33.7 Å². The van der Waals surface area contributed by atoms with Crippen LogP contribution in [-0.2, 0) is 11.3 Å². The fraction of sp³-hybridized carbons (Fsp3) is 0.692. The third kappa shape index (κ3) is 2.90. The molecule has 0 unspecified atom stereocenters. The molecule has 1 amide bonds. The third-order valence-electron chi connectivity index (χ3n) is 3.60. The molecule has 0 radical (unpaired) electrons. The van der Waals surface area contributed by atoms with Gasteiger partial charge in [-0.15, -0.1) is 0 Å². The minimum Gasteiger partial charge on any atom is -0.361 e. The van der Waals surface area contributed by atoms with E-state index in [0.717, 1.165) is 50.6 Å². The molecule has 0 spiro atoms. The summed E-state index contributed by atoms with van der Waals surface area (Å²) in [5.74, 6) is 1.08. The summed E-state index contributed by atoms with van der Waals surface area (Å²) >= 11 is 0. The van der Waals surface area contributed by atoms with Gasteiger partial charge in [-0.25, -0.2) is 0 Å². The Morgan fingerprint density at radius 2 is 2.06 bits per heavy atom. The van der Waals surface area contributed by atoms with Crippen LogP contribution in [-0.4, -0.2) is 47.0 Å². The fourth-order valence-corrected chi connectivity index (χ4v) is 2.40. The molecule has 1 aromatic heterocycles. The molecule has 0 saturated carbocycles. The maximum atomic E-state index is 11.4. The van der Waals surface area contributed by atoms with Crippen LogP contribution in [0, 0.1) is 13.8 Å². The van der Waals surface area contributed by atoms with Gasteiger partial charge in [-0.2, -0.15) is 0 Å². The van der Waals surface area contributed by atoms with Crippen LogP contribution < -0.4 is 0 Å². The van der Waals surface area contributed by atoms with Gasteiger partial charge < -0.3 is 9.42 Å². The first kappa shape index (κ1) is 13.1. The number of nitrogens with zero attached hydrogens (tertiary/aromatic N) is 3. The van der Waals surface area contributed by atoms with Crippen LogP contribution in [0.2, 0.25) is 0 Å². The van der Waals surface area contributed by atoms with E-state index in [2.05, 4.69) is 10.1 Å². The highest BCUT2D eigenvalue weighted by Crippen LogP contribution is 2.16. The Labute approximate surface area is 108 Å². The van der Waals surface area contributed by atoms with Crippen LogP contribution in [0.15, 0.2) is 4.52 Å². The van der Waals surface area contributed by atoms with E-state index < -0.39 is 0 Å². The maximum Gasteiger partial charge on any atom is 0.219 e. The van der Waals surface area contributed by atoms with Gasteiger partial charge in [-0.3, -0.25) is 9.69 Å². The van der Waals surface area contributed by atoms with Gasteiger partial charge in [0.15, 0.2) is 0 Å². The van der Waals surface area contributed by atoms with E-state index >= 15 is 0 Å². The van der Waals surface area contributed by atoms with Gasteiger partial charge in [0.25, 0.3) is 0 Å². The van der Waals surface area contributed by atoms with Crippen molar-refractivity contribution >= 4 is 5.91 Å². The van der Waals surface area contributed by atoms with Gasteiger partial charge >= 0.3 is 0 Å². The number of hydrogen-bond donors (Lipinski definition) is 0. The average molecular weight is 251 g/mol. The van der Waals surface area contributed by atoms with E-state index in [1.807, 2.05) is 18.7 Å². The van der Waals surface area contributed by atoms with E-state index in [9.17, 15) is 4.79 Å². The Bertz CT molecular complexity index is 408. The predicted molar refractivity (Wildman–Crippen MR) is 68.1 cm³/mol.